The van der Waals surface area contributed by atoms with Crippen LogP contribution >= 0.6 is 0 Å². The van der Waals surface area contributed by atoms with Gasteiger partial charge in [-0.05, 0) is 18.6 Å². The fourth-order valence-electron chi connectivity index (χ4n) is 2.04. The Morgan fingerprint density at radius 1 is 1.48 bits per heavy atom. The average molecular weight is 313 g/mol. The summed E-state index contributed by atoms with van der Waals surface area (Å²) in [5, 5.41) is -0.0184. The first kappa shape index (κ1) is 15.7. The van der Waals surface area contributed by atoms with Crippen molar-refractivity contribution in [1.29, 1.82) is 0 Å². The Labute approximate surface area is 123 Å². The van der Waals surface area contributed by atoms with Crippen LogP contribution in [0.3, 0.4) is 0 Å². The van der Waals surface area contributed by atoms with Gasteiger partial charge in [-0.1, -0.05) is 13.0 Å². The standard InChI is InChI=1S/C12H19N5O3S/c1-3-9(8-20-2)16-21(18,19)12-11(15-13)14-10-6-4-5-7-17(10)12/h4-7,9,15-16H,3,8,13H2,1-2H3. The number of hydrazine groups is 1. The largest absolute Gasteiger partial charge is 0.383 e. The maximum Gasteiger partial charge on any atom is 0.260 e. The van der Waals surface area contributed by atoms with Crippen LogP contribution in [0.2, 0.25) is 0 Å². The van der Waals surface area contributed by atoms with E-state index in [2.05, 4.69) is 15.1 Å². The molecule has 0 fully saturated rings. The Bertz CT molecular complexity index is 713. The maximum absolute atomic E-state index is 12.6. The molecule has 2 rings (SSSR count). The molecule has 0 spiro atoms. The van der Waals surface area contributed by atoms with E-state index in [9.17, 15) is 8.42 Å². The number of hydrogen-bond acceptors (Lipinski definition) is 6. The summed E-state index contributed by atoms with van der Waals surface area (Å²) in [6.07, 6.45) is 2.23. The Kier molecular flexibility index (Phi) is 4.78. The van der Waals surface area contributed by atoms with Gasteiger partial charge in [0.05, 0.1) is 6.61 Å². The molecule has 2 aromatic rings. The van der Waals surface area contributed by atoms with Gasteiger partial charge in [0, 0.05) is 19.3 Å². The summed E-state index contributed by atoms with van der Waals surface area (Å²) < 4.78 is 34.3. The molecule has 0 radical (unpaired) electrons. The summed E-state index contributed by atoms with van der Waals surface area (Å²) in [5.41, 5.74) is 2.82. The number of aromatic nitrogens is 2. The van der Waals surface area contributed by atoms with Crippen LogP contribution in [0.4, 0.5) is 5.82 Å². The van der Waals surface area contributed by atoms with Crippen molar-refractivity contribution in [2.45, 2.75) is 24.4 Å². The molecule has 0 bridgehead atoms. The SMILES string of the molecule is CCC(COC)NS(=O)(=O)c1c(NN)nc2ccccn12. The second kappa shape index (κ2) is 6.39. The van der Waals surface area contributed by atoms with Crippen molar-refractivity contribution in [2.75, 3.05) is 19.1 Å². The number of anilines is 1. The highest BCUT2D eigenvalue weighted by molar-refractivity contribution is 7.89. The molecule has 4 N–H and O–H groups in total. The smallest absolute Gasteiger partial charge is 0.260 e. The Balaban J connectivity index is 2.48. The third-order valence-corrected chi connectivity index (χ3v) is 4.60. The van der Waals surface area contributed by atoms with Crippen LogP contribution in [0, 0.1) is 0 Å². The van der Waals surface area contributed by atoms with Gasteiger partial charge >= 0.3 is 0 Å². The molecule has 0 saturated carbocycles. The Morgan fingerprint density at radius 3 is 2.86 bits per heavy atom. The van der Waals surface area contributed by atoms with Crippen LogP contribution in [0.15, 0.2) is 29.4 Å². The molecule has 9 heteroatoms. The number of pyridine rings is 1. The number of hydrogen-bond donors (Lipinski definition) is 3. The second-order valence-electron chi connectivity index (χ2n) is 4.52. The van der Waals surface area contributed by atoms with E-state index in [0.29, 0.717) is 12.1 Å². The lowest BCUT2D eigenvalue weighted by molar-refractivity contribution is 0.173. The van der Waals surface area contributed by atoms with Crippen LogP contribution in [0.5, 0.6) is 0 Å². The number of ether oxygens (including phenoxy) is 1. The van der Waals surface area contributed by atoms with Crippen molar-refractivity contribution in [2.24, 2.45) is 5.84 Å². The zero-order valence-corrected chi connectivity index (χ0v) is 12.7. The van der Waals surface area contributed by atoms with E-state index in [4.69, 9.17) is 10.6 Å². The second-order valence-corrected chi connectivity index (χ2v) is 6.15. The molecule has 0 aliphatic heterocycles. The lowest BCUT2D eigenvalue weighted by Crippen LogP contribution is -2.38. The predicted octanol–water partition coefficient (Wildman–Crippen LogP) is 0.323. The average Bonchev–Trinajstić information content (AvgIpc) is 2.85. The summed E-state index contributed by atoms with van der Waals surface area (Å²) in [5.74, 6) is 5.49. The first-order valence-corrected chi connectivity index (χ1v) is 7.96. The molecule has 8 nitrogen and oxygen atoms in total. The Hall–Kier alpha value is -1.68. The summed E-state index contributed by atoms with van der Waals surface area (Å²) in [6.45, 7) is 2.17. The number of fused-ring (bicyclic) bond motifs is 1. The fourth-order valence-corrected chi connectivity index (χ4v) is 3.59. The van der Waals surface area contributed by atoms with E-state index >= 15 is 0 Å². The number of methoxy groups -OCH3 is 1. The quantitative estimate of drug-likeness (QED) is 0.501. The zero-order valence-electron chi connectivity index (χ0n) is 11.9. The normalized spacial score (nSPS) is 13.5. The highest BCUT2D eigenvalue weighted by Gasteiger charge is 2.27. The van der Waals surface area contributed by atoms with Crippen molar-refractivity contribution >= 4 is 21.5 Å². The lowest BCUT2D eigenvalue weighted by atomic mass is 10.3. The van der Waals surface area contributed by atoms with Crippen LogP contribution in [0.1, 0.15) is 13.3 Å². The van der Waals surface area contributed by atoms with Gasteiger partial charge in [-0.3, -0.25) is 4.40 Å². The molecular weight excluding hydrogens is 294 g/mol. The topological polar surface area (TPSA) is 111 Å². The molecule has 0 saturated heterocycles. The highest BCUT2D eigenvalue weighted by Crippen LogP contribution is 2.22. The van der Waals surface area contributed by atoms with Gasteiger partial charge < -0.3 is 10.2 Å². The van der Waals surface area contributed by atoms with Gasteiger partial charge in [0.1, 0.15) is 5.65 Å². The van der Waals surface area contributed by atoms with Gasteiger partial charge in [-0.2, -0.15) is 0 Å². The number of nitrogen functional groups attached to an aromatic ring is 1. The summed E-state index contributed by atoms with van der Waals surface area (Å²) >= 11 is 0. The molecule has 2 heterocycles. The van der Waals surface area contributed by atoms with E-state index in [-0.39, 0.29) is 23.5 Å². The molecule has 0 aromatic carbocycles. The van der Waals surface area contributed by atoms with E-state index < -0.39 is 10.0 Å². The van der Waals surface area contributed by atoms with Crippen molar-refractivity contribution < 1.29 is 13.2 Å². The lowest BCUT2D eigenvalue weighted by Gasteiger charge is -2.16. The van der Waals surface area contributed by atoms with Crippen LogP contribution in [-0.4, -0.2) is 37.6 Å². The summed E-state index contributed by atoms with van der Waals surface area (Å²) in [7, 11) is -2.27. The maximum atomic E-state index is 12.6. The predicted molar refractivity (Wildman–Crippen MR) is 79.3 cm³/mol. The molecule has 1 atom stereocenters. The number of nitrogens with one attached hydrogen (secondary N) is 2. The van der Waals surface area contributed by atoms with E-state index in [1.165, 1.54) is 11.5 Å². The van der Waals surface area contributed by atoms with Gasteiger partial charge in [-0.25, -0.2) is 24.0 Å². The first-order valence-electron chi connectivity index (χ1n) is 6.48. The number of imidazole rings is 1. The van der Waals surface area contributed by atoms with E-state index in [1.54, 1.807) is 24.4 Å². The zero-order chi connectivity index (χ0) is 15.5. The number of sulfonamides is 1. The molecule has 1 unspecified atom stereocenters. The number of nitrogens with two attached hydrogens (primary N) is 1. The Morgan fingerprint density at radius 2 is 2.24 bits per heavy atom. The first-order chi connectivity index (χ1) is 10.0. The van der Waals surface area contributed by atoms with E-state index in [1.807, 2.05) is 6.92 Å². The molecule has 21 heavy (non-hydrogen) atoms. The minimum atomic E-state index is -3.79. The van der Waals surface area contributed by atoms with Crippen LogP contribution in [0.25, 0.3) is 5.65 Å². The van der Waals surface area contributed by atoms with Crippen molar-refractivity contribution in [3.05, 3.63) is 24.4 Å². The molecular formula is C12H19N5O3S. The molecule has 0 aliphatic rings. The minimum absolute atomic E-state index is 0.0184. The van der Waals surface area contributed by atoms with Gasteiger partial charge in [-0.15, -0.1) is 0 Å². The third kappa shape index (κ3) is 3.16. The monoisotopic (exact) mass is 313 g/mol. The fraction of sp³-hybridized carbons (Fsp3) is 0.417. The molecule has 0 amide bonds. The van der Waals surface area contributed by atoms with Gasteiger partial charge in [0.15, 0.2) is 10.8 Å². The highest BCUT2D eigenvalue weighted by atomic mass is 32.2. The number of nitrogens with zero attached hydrogens (tertiary/aromatic N) is 2. The molecule has 2 aromatic heterocycles. The summed E-state index contributed by atoms with van der Waals surface area (Å²) in [4.78, 5) is 4.15. The minimum Gasteiger partial charge on any atom is -0.383 e. The van der Waals surface area contributed by atoms with Gasteiger partial charge in [0.2, 0.25) is 0 Å². The van der Waals surface area contributed by atoms with Crippen LogP contribution < -0.4 is 16.0 Å². The third-order valence-electron chi connectivity index (χ3n) is 3.06. The van der Waals surface area contributed by atoms with Gasteiger partial charge in [0.25, 0.3) is 10.0 Å². The van der Waals surface area contributed by atoms with E-state index in [0.717, 1.165) is 0 Å². The number of rotatable bonds is 7. The van der Waals surface area contributed by atoms with Crippen molar-refractivity contribution in [1.82, 2.24) is 14.1 Å². The molecule has 0 aliphatic carbocycles. The molecule has 116 valence electrons. The van der Waals surface area contributed by atoms with Crippen molar-refractivity contribution in [3.63, 3.8) is 0 Å². The van der Waals surface area contributed by atoms with Crippen LogP contribution in [-0.2, 0) is 14.8 Å². The summed E-state index contributed by atoms with van der Waals surface area (Å²) in [6, 6.07) is 4.87. The van der Waals surface area contributed by atoms with Crippen molar-refractivity contribution in [3.8, 4) is 0 Å².